The number of amides is 2. The number of halogens is 1. The molecule has 0 bridgehead atoms. The van der Waals surface area contributed by atoms with Crippen molar-refractivity contribution in [1.82, 2.24) is 10.2 Å². The molecule has 2 aromatic carbocycles. The molecule has 1 unspecified atom stereocenters. The maximum atomic E-state index is 13.6. The number of carbonyl (C=O) groups is 2. The van der Waals surface area contributed by atoms with Crippen molar-refractivity contribution in [1.29, 1.82) is 0 Å². The summed E-state index contributed by atoms with van der Waals surface area (Å²) in [5, 5.41) is 3.24. The van der Waals surface area contributed by atoms with Gasteiger partial charge in [-0.05, 0) is 57.4 Å². The summed E-state index contributed by atoms with van der Waals surface area (Å²) in [7, 11) is -3.81. The lowest BCUT2D eigenvalue weighted by atomic mass is 10.1. The van der Waals surface area contributed by atoms with Crippen LogP contribution in [-0.2, 0) is 26.2 Å². The summed E-state index contributed by atoms with van der Waals surface area (Å²) >= 11 is 6.12. The molecule has 0 aliphatic carbocycles. The van der Waals surface area contributed by atoms with E-state index in [-0.39, 0.29) is 18.5 Å². The highest BCUT2D eigenvalue weighted by Gasteiger charge is 2.32. The van der Waals surface area contributed by atoms with Gasteiger partial charge in [0, 0.05) is 17.6 Å². The predicted octanol–water partition coefficient (Wildman–Crippen LogP) is 4.05. The first-order valence-electron chi connectivity index (χ1n) is 11.2. The molecule has 0 radical (unpaired) electrons. The van der Waals surface area contributed by atoms with Crippen molar-refractivity contribution >= 4 is 39.1 Å². The van der Waals surface area contributed by atoms with E-state index >= 15 is 0 Å². The Balaban J connectivity index is 2.48. The van der Waals surface area contributed by atoms with Crippen LogP contribution in [0.25, 0.3) is 0 Å². The third-order valence-electron chi connectivity index (χ3n) is 5.41. The Labute approximate surface area is 208 Å². The third kappa shape index (κ3) is 7.46. The summed E-state index contributed by atoms with van der Waals surface area (Å²) < 4.78 is 26.4. The number of nitrogens with one attached hydrogen (secondary N) is 1. The topological polar surface area (TPSA) is 86.8 Å². The average Bonchev–Trinajstić information content (AvgIpc) is 2.73. The molecule has 0 saturated carbocycles. The standard InChI is InChI=1S/C25H34ClN3O4S/c1-7-22(25(31)27-17(2)3)28(15-20-11-8-18(4)9-12-20)24(30)16-29(34(6,32)33)23-14-21(26)13-10-19(23)5/h8-14,17,22H,7,15-16H2,1-6H3,(H,27,31). The smallest absolute Gasteiger partial charge is 0.244 e. The molecule has 0 saturated heterocycles. The minimum absolute atomic E-state index is 0.0977. The number of nitrogens with zero attached hydrogens (tertiary/aromatic N) is 2. The van der Waals surface area contributed by atoms with E-state index in [1.807, 2.05) is 52.0 Å². The van der Waals surface area contributed by atoms with Gasteiger partial charge in [0.25, 0.3) is 0 Å². The second kappa shape index (κ2) is 11.7. The van der Waals surface area contributed by atoms with Gasteiger partial charge in [0.15, 0.2) is 0 Å². The molecule has 0 spiro atoms. The first kappa shape index (κ1) is 27.7. The van der Waals surface area contributed by atoms with E-state index in [2.05, 4.69) is 5.32 Å². The number of benzene rings is 2. The molecule has 2 aromatic rings. The number of anilines is 1. The van der Waals surface area contributed by atoms with Crippen LogP contribution in [0.5, 0.6) is 0 Å². The normalized spacial score (nSPS) is 12.4. The van der Waals surface area contributed by atoms with Gasteiger partial charge in [-0.2, -0.15) is 0 Å². The maximum Gasteiger partial charge on any atom is 0.244 e. The molecule has 0 fully saturated rings. The number of hydrogen-bond donors (Lipinski definition) is 1. The van der Waals surface area contributed by atoms with Crippen LogP contribution in [0.2, 0.25) is 5.02 Å². The molecule has 0 heterocycles. The number of aryl methyl sites for hydroxylation is 2. The van der Waals surface area contributed by atoms with Crippen LogP contribution in [0.15, 0.2) is 42.5 Å². The first-order chi connectivity index (χ1) is 15.8. The van der Waals surface area contributed by atoms with E-state index in [0.29, 0.717) is 22.7 Å². The van der Waals surface area contributed by atoms with Gasteiger partial charge in [-0.3, -0.25) is 13.9 Å². The Hall–Kier alpha value is -2.58. The molecular formula is C25H34ClN3O4S. The van der Waals surface area contributed by atoms with Crippen LogP contribution in [0.1, 0.15) is 43.9 Å². The highest BCUT2D eigenvalue weighted by molar-refractivity contribution is 7.92. The fraction of sp³-hybridized carbons (Fsp3) is 0.440. The second-order valence-corrected chi connectivity index (χ2v) is 11.1. The van der Waals surface area contributed by atoms with E-state index in [4.69, 9.17) is 11.6 Å². The van der Waals surface area contributed by atoms with Crippen molar-refractivity contribution in [2.45, 2.75) is 59.7 Å². The number of rotatable bonds is 10. The summed E-state index contributed by atoms with van der Waals surface area (Å²) in [6.45, 7) is 8.98. The Bertz CT molecular complexity index is 1120. The van der Waals surface area contributed by atoms with E-state index in [1.54, 1.807) is 19.1 Å². The molecule has 0 aliphatic heterocycles. The SMILES string of the molecule is CCC(C(=O)NC(C)C)N(Cc1ccc(C)cc1)C(=O)CN(c1cc(Cl)ccc1C)S(C)(=O)=O. The number of sulfonamides is 1. The molecular weight excluding hydrogens is 474 g/mol. The highest BCUT2D eigenvalue weighted by Crippen LogP contribution is 2.27. The van der Waals surface area contributed by atoms with Crippen LogP contribution in [0, 0.1) is 13.8 Å². The Morgan fingerprint density at radius 2 is 1.68 bits per heavy atom. The van der Waals surface area contributed by atoms with Crippen LogP contribution < -0.4 is 9.62 Å². The van der Waals surface area contributed by atoms with E-state index in [0.717, 1.165) is 21.7 Å². The minimum atomic E-state index is -3.81. The predicted molar refractivity (Wildman–Crippen MR) is 137 cm³/mol. The molecule has 186 valence electrons. The molecule has 9 heteroatoms. The molecule has 7 nitrogen and oxygen atoms in total. The number of carbonyl (C=O) groups excluding carboxylic acids is 2. The fourth-order valence-corrected chi connectivity index (χ4v) is 4.70. The fourth-order valence-electron chi connectivity index (χ4n) is 3.64. The van der Waals surface area contributed by atoms with Crippen LogP contribution in [-0.4, -0.2) is 50.0 Å². The lowest BCUT2D eigenvalue weighted by Crippen LogP contribution is -2.53. The number of hydrogen-bond acceptors (Lipinski definition) is 4. The summed E-state index contributed by atoms with van der Waals surface area (Å²) in [5.74, 6) is -0.751. The van der Waals surface area contributed by atoms with Gasteiger partial charge in [0.2, 0.25) is 21.8 Å². The quantitative estimate of drug-likeness (QED) is 0.525. The minimum Gasteiger partial charge on any atom is -0.352 e. The van der Waals surface area contributed by atoms with Gasteiger partial charge < -0.3 is 10.2 Å². The van der Waals surface area contributed by atoms with E-state index in [1.165, 1.54) is 11.0 Å². The van der Waals surface area contributed by atoms with Crippen molar-refractivity contribution in [3.8, 4) is 0 Å². The molecule has 34 heavy (non-hydrogen) atoms. The van der Waals surface area contributed by atoms with Crippen molar-refractivity contribution in [3.63, 3.8) is 0 Å². The molecule has 2 rings (SSSR count). The van der Waals surface area contributed by atoms with Gasteiger partial charge in [-0.1, -0.05) is 54.4 Å². The largest absolute Gasteiger partial charge is 0.352 e. The van der Waals surface area contributed by atoms with Gasteiger partial charge in [0.05, 0.1) is 11.9 Å². The summed E-state index contributed by atoms with van der Waals surface area (Å²) in [4.78, 5) is 28.1. The van der Waals surface area contributed by atoms with Crippen molar-refractivity contribution in [2.75, 3.05) is 17.1 Å². The van der Waals surface area contributed by atoms with Gasteiger partial charge in [-0.15, -0.1) is 0 Å². The van der Waals surface area contributed by atoms with Gasteiger partial charge in [-0.25, -0.2) is 8.42 Å². The zero-order valence-corrected chi connectivity index (χ0v) is 22.2. The van der Waals surface area contributed by atoms with E-state index in [9.17, 15) is 18.0 Å². The second-order valence-electron chi connectivity index (χ2n) is 8.80. The summed E-state index contributed by atoms with van der Waals surface area (Å²) in [6.07, 6.45) is 1.43. The zero-order chi connectivity index (χ0) is 25.6. The van der Waals surface area contributed by atoms with Crippen molar-refractivity contribution < 1.29 is 18.0 Å². The van der Waals surface area contributed by atoms with Gasteiger partial charge >= 0.3 is 0 Å². The third-order valence-corrected chi connectivity index (χ3v) is 6.77. The average molecular weight is 508 g/mol. The highest BCUT2D eigenvalue weighted by atomic mass is 35.5. The van der Waals surface area contributed by atoms with Crippen LogP contribution in [0.4, 0.5) is 5.69 Å². The summed E-state index contributed by atoms with van der Waals surface area (Å²) in [6, 6.07) is 11.7. The first-order valence-corrected chi connectivity index (χ1v) is 13.4. The summed E-state index contributed by atoms with van der Waals surface area (Å²) in [5.41, 5.74) is 2.92. The Morgan fingerprint density at radius 3 is 2.21 bits per heavy atom. The monoisotopic (exact) mass is 507 g/mol. The Kier molecular flexibility index (Phi) is 9.53. The molecule has 1 atom stereocenters. The van der Waals surface area contributed by atoms with Crippen molar-refractivity contribution in [2.24, 2.45) is 0 Å². The molecule has 0 aromatic heterocycles. The zero-order valence-electron chi connectivity index (χ0n) is 20.6. The lowest BCUT2D eigenvalue weighted by molar-refractivity contribution is -0.140. The molecule has 0 aliphatic rings. The van der Waals surface area contributed by atoms with Gasteiger partial charge in [0.1, 0.15) is 12.6 Å². The van der Waals surface area contributed by atoms with Crippen LogP contribution in [0.3, 0.4) is 0 Å². The Morgan fingerprint density at radius 1 is 1.06 bits per heavy atom. The lowest BCUT2D eigenvalue weighted by Gasteiger charge is -2.33. The molecule has 2 amide bonds. The van der Waals surface area contributed by atoms with Crippen LogP contribution >= 0.6 is 11.6 Å². The molecule has 1 N–H and O–H groups in total. The maximum absolute atomic E-state index is 13.6. The van der Waals surface area contributed by atoms with E-state index < -0.39 is 28.5 Å². The van der Waals surface area contributed by atoms with Crippen molar-refractivity contribution in [3.05, 3.63) is 64.2 Å².